The fraction of sp³-hybridized carbons (Fsp3) is 0.333. The van der Waals surface area contributed by atoms with Crippen molar-refractivity contribution < 1.29 is 19.0 Å². The fourth-order valence-electron chi connectivity index (χ4n) is 2.39. The van der Waals surface area contributed by atoms with Gasteiger partial charge in [-0.15, -0.1) is 0 Å². The average Bonchev–Trinajstić information content (AvgIpc) is 2.70. The smallest absolute Gasteiger partial charge is 0.261 e. The van der Waals surface area contributed by atoms with Gasteiger partial charge in [-0.25, -0.2) is 0 Å². The molecular formula is C21H25BrN2O4S. The Morgan fingerprint density at radius 1 is 1.07 bits per heavy atom. The Morgan fingerprint density at radius 2 is 1.83 bits per heavy atom. The number of hydrogen-bond donors (Lipinski definition) is 2. The summed E-state index contributed by atoms with van der Waals surface area (Å²) in [5.41, 5.74) is 1.06. The van der Waals surface area contributed by atoms with Crippen molar-refractivity contribution in [2.24, 2.45) is 0 Å². The molecule has 0 saturated heterocycles. The van der Waals surface area contributed by atoms with Crippen LogP contribution in [0.3, 0.4) is 0 Å². The van der Waals surface area contributed by atoms with Crippen LogP contribution in [0, 0.1) is 0 Å². The number of nitrogens with one attached hydrogen (secondary N) is 2. The third-order valence-corrected chi connectivity index (χ3v) is 4.55. The number of halogens is 1. The van der Waals surface area contributed by atoms with Gasteiger partial charge in [0.15, 0.2) is 5.11 Å². The number of para-hydroxylation sites is 2. The maximum Gasteiger partial charge on any atom is 0.261 e. The number of thiocarbonyl (C=S) groups is 1. The third-order valence-electron chi connectivity index (χ3n) is 3.85. The number of unbranched alkanes of at least 4 members (excludes halogenated alkanes) is 1. The Labute approximate surface area is 185 Å². The third kappa shape index (κ3) is 7.64. The van der Waals surface area contributed by atoms with Crippen LogP contribution in [-0.2, 0) is 4.74 Å². The molecule has 2 N–H and O–H groups in total. The molecule has 0 atom stereocenters. The Hall–Kier alpha value is -2.16. The van der Waals surface area contributed by atoms with E-state index < -0.39 is 0 Å². The molecule has 0 heterocycles. The number of rotatable bonds is 10. The lowest BCUT2D eigenvalue weighted by atomic mass is 10.2. The Morgan fingerprint density at radius 3 is 2.59 bits per heavy atom. The maximum absolute atomic E-state index is 12.7. The van der Waals surface area contributed by atoms with E-state index in [2.05, 4.69) is 33.5 Å². The summed E-state index contributed by atoms with van der Waals surface area (Å²) in [6.45, 7) is 3.48. The summed E-state index contributed by atoms with van der Waals surface area (Å²) in [6.07, 6.45) is 2.01. The van der Waals surface area contributed by atoms with Gasteiger partial charge < -0.3 is 19.5 Å². The highest BCUT2D eigenvalue weighted by molar-refractivity contribution is 9.10. The van der Waals surface area contributed by atoms with E-state index in [1.54, 1.807) is 25.3 Å². The molecule has 0 aromatic heterocycles. The zero-order valence-corrected chi connectivity index (χ0v) is 18.9. The highest BCUT2D eigenvalue weighted by Crippen LogP contribution is 2.25. The van der Waals surface area contributed by atoms with E-state index >= 15 is 0 Å². The topological polar surface area (TPSA) is 68.8 Å². The van der Waals surface area contributed by atoms with Gasteiger partial charge in [0.2, 0.25) is 0 Å². The van der Waals surface area contributed by atoms with E-state index in [4.69, 9.17) is 26.4 Å². The van der Waals surface area contributed by atoms with Crippen molar-refractivity contribution in [1.29, 1.82) is 0 Å². The SMILES string of the molecule is CCCCOc1ccccc1NC(=S)NC(=O)c1cc(Br)ccc1OCCOC. The first-order chi connectivity index (χ1) is 14.0. The number of carbonyl (C=O) groups is 1. The van der Waals surface area contributed by atoms with Gasteiger partial charge in [0.05, 0.1) is 24.5 Å². The van der Waals surface area contributed by atoms with Crippen molar-refractivity contribution in [3.63, 3.8) is 0 Å². The molecular weight excluding hydrogens is 456 g/mol. The normalized spacial score (nSPS) is 10.3. The zero-order chi connectivity index (χ0) is 21.1. The minimum atomic E-state index is -0.374. The molecule has 6 nitrogen and oxygen atoms in total. The minimum Gasteiger partial charge on any atom is -0.491 e. The first-order valence-corrected chi connectivity index (χ1v) is 10.5. The zero-order valence-electron chi connectivity index (χ0n) is 16.5. The van der Waals surface area contributed by atoms with Crippen LogP contribution >= 0.6 is 28.1 Å². The van der Waals surface area contributed by atoms with Crippen LogP contribution in [0.4, 0.5) is 5.69 Å². The standard InChI is InChI=1S/C21H25BrN2O4S/c1-3-4-11-27-19-8-6-5-7-17(19)23-21(29)24-20(25)16-14-15(22)9-10-18(16)28-13-12-26-2/h5-10,14H,3-4,11-13H2,1-2H3,(H2,23,24,25,29). The second-order valence-electron chi connectivity index (χ2n) is 6.09. The van der Waals surface area contributed by atoms with Gasteiger partial charge in [-0.3, -0.25) is 10.1 Å². The van der Waals surface area contributed by atoms with Crippen molar-refractivity contribution in [1.82, 2.24) is 5.32 Å². The van der Waals surface area contributed by atoms with Gasteiger partial charge in [-0.1, -0.05) is 41.4 Å². The Balaban J connectivity index is 2.04. The largest absolute Gasteiger partial charge is 0.491 e. The number of benzene rings is 2. The fourth-order valence-corrected chi connectivity index (χ4v) is 2.95. The van der Waals surface area contributed by atoms with Gasteiger partial charge in [-0.05, 0) is 49.0 Å². The lowest BCUT2D eigenvalue weighted by Gasteiger charge is -2.15. The molecule has 1 amide bonds. The van der Waals surface area contributed by atoms with E-state index in [0.29, 0.717) is 42.6 Å². The highest BCUT2D eigenvalue weighted by Gasteiger charge is 2.15. The quantitative estimate of drug-likeness (QED) is 0.376. The van der Waals surface area contributed by atoms with Crippen LogP contribution < -0.4 is 20.1 Å². The molecule has 2 aromatic rings. The van der Waals surface area contributed by atoms with Crippen LogP contribution in [-0.4, -0.2) is 38.0 Å². The van der Waals surface area contributed by atoms with Crippen molar-refractivity contribution >= 4 is 44.9 Å². The molecule has 0 unspecified atom stereocenters. The Bertz CT molecular complexity index is 832. The number of ether oxygens (including phenoxy) is 3. The van der Waals surface area contributed by atoms with Gasteiger partial charge in [0, 0.05) is 11.6 Å². The van der Waals surface area contributed by atoms with E-state index in [9.17, 15) is 4.79 Å². The van der Waals surface area contributed by atoms with Gasteiger partial charge in [0.25, 0.3) is 5.91 Å². The first kappa shape index (κ1) is 23.1. The molecule has 29 heavy (non-hydrogen) atoms. The highest BCUT2D eigenvalue weighted by atomic mass is 79.9. The number of hydrogen-bond acceptors (Lipinski definition) is 5. The Kier molecular flexibility index (Phi) is 9.90. The summed E-state index contributed by atoms with van der Waals surface area (Å²) >= 11 is 8.70. The molecule has 0 aliphatic rings. The average molecular weight is 481 g/mol. The van der Waals surface area contributed by atoms with E-state index in [0.717, 1.165) is 17.3 Å². The molecule has 0 radical (unpaired) electrons. The number of carbonyl (C=O) groups excluding carboxylic acids is 1. The summed E-state index contributed by atoms with van der Waals surface area (Å²) in [7, 11) is 1.59. The number of methoxy groups -OCH3 is 1. The predicted octanol–water partition coefficient (Wildman–Crippen LogP) is 4.78. The molecule has 8 heteroatoms. The van der Waals surface area contributed by atoms with Crippen LogP contribution in [0.5, 0.6) is 11.5 Å². The van der Waals surface area contributed by atoms with E-state index in [1.165, 1.54) is 0 Å². The minimum absolute atomic E-state index is 0.171. The number of amides is 1. The molecule has 156 valence electrons. The maximum atomic E-state index is 12.7. The van der Waals surface area contributed by atoms with Gasteiger partial charge in [0.1, 0.15) is 18.1 Å². The van der Waals surface area contributed by atoms with E-state index in [1.807, 2.05) is 24.3 Å². The second-order valence-corrected chi connectivity index (χ2v) is 7.41. The predicted molar refractivity (Wildman–Crippen MR) is 122 cm³/mol. The number of anilines is 1. The summed E-state index contributed by atoms with van der Waals surface area (Å²) in [5.74, 6) is 0.762. The molecule has 0 fully saturated rings. The molecule has 2 aromatic carbocycles. The van der Waals surface area contributed by atoms with Crippen molar-refractivity contribution in [2.45, 2.75) is 19.8 Å². The van der Waals surface area contributed by atoms with Crippen molar-refractivity contribution in [2.75, 3.05) is 32.2 Å². The second kappa shape index (κ2) is 12.4. The van der Waals surface area contributed by atoms with Crippen molar-refractivity contribution in [3.8, 4) is 11.5 Å². The molecule has 0 spiro atoms. The van der Waals surface area contributed by atoms with Crippen LogP contribution in [0.2, 0.25) is 0 Å². The molecule has 0 bridgehead atoms. The molecule has 0 aliphatic heterocycles. The summed E-state index contributed by atoms with van der Waals surface area (Å²) < 4.78 is 17.2. The summed E-state index contributed by atoms with van der Waals surface area (Å²) in [5, 5.41) is 5.89. The van der Waals surface area contributed by atoms with Gasteiger partial charge >= 0.3 is 0 Å². The molecule has 0 aliphatic carbocycles. The van der Waals surface area contributed by atoms with Crippen LogP contribution in [0.1, 0.15) is 30.1 Å². The van der Waals surface area contributed by atoms with Crippen LogP contribution in [0.15, 0.2) is 46.9 Å². The molecule has 0 saturated carbocycles. The van der Waals surface area contributed by atoms with Gasteiger partial charge in [-0.2, -0.15) is 0 Å². The van der Waals surface area contributed by atoms with E-state index in [-0.39, 0.29) is 11.0 Å². The summed E-state index contributed by atoms with van der Waals surface area (Å²) in [4.78, 5) is 12.7. The summed E-state index contributed by atoms with van der Waals surface area (Å²) in [6, 6.07) is 12.7. The van der Waals surface area contributed by atoms with Crippen LogP contribution in [0.25, 0.3) is 0 Å². The lowest BCUT2D eigenvalue weighted by Crippen LogP contribution is -2.34. The lowest BCUT2D eigenvalue weighted by molar-refractivity contribution is 0.0969. The first-order valence-electron chi connectivity index (χ1n) is 9.30. The molecule has 2 rings (SSSR count). The monoisotopic (exact) mass is 480 g/mol. The van der Waals surface area contributed by atoms with Crippen molar-refractivity contribution in [3.05, 3.63) is 52.5 Å².